The van der Waals surface area contributed by atoms with Gasteiger partial charge >= 0.3 is 6.09 Å². The van der Waals surface area contributed by atoms with Gasteiger partial charge in [-0.1, -0.05) is 54.6 Å². The largest absolute Gasteiger partial charge is 0.492 e. The maximum absolute atomic E-state index is 12.9. The Hall–Kier alpha value is -4.17. The first-order valence-corrected chi connectivity index (χ1v) is 12.8. The molecular weight excluding hydrogens is 496 g/mol. The number of ketones is 1. The molecule has 0 saturated carbocycles. The predicted octanol–water partition coefficient (Wildman–Crippen LogP) is 5.39. The highest BCUT2D eigenvalue weighted by Gasteiger charge is 2.36. The number of carbonyl (C=O) groups excluding carboxylic acids is 3. The summed E-state index contributed by atoms with van der Waals surface area (Å²) in [5.74, 6) is -0.499. The molecule has 3 aromatic carbocycles. The van der Waals surface area contributed by atoms with Crippen LogP contribution in [0.3, 0.4) is 0 Å². The second-order valence-electron chi connectivity index (χ2n) is 10.5. The van der Waals surface area contributed by atoms with E-state index in [1.54, 1.807) is 32.9 Å². The molecule has 8 heteroatoms. The fourth-order valence-corrected chi connectivity index (χ4v) is 3.75. The second kappa shape index (κ2) is 12.6. The van der Waals surface area contributed by atoms with E-state index in [0.717, 1.165) is 16.7 Å². The van der Waals surface area contributed by atoms with Crippen molar-refractivity contribution in [2.45, 2.75) is 52.2 Å². The summed E-state index contributed by atoms with van der Waals surface area (Å²) in [6.07, 6.45) is -0.187. The van der Waals surface area contributed by atoms with Gasteiger partial charge in [-0.3, -0.25) is 9.59 Å². The minimum absolute atomic E-state index is 0.231. The molecule has 0 heterocycles. The molecule has 8 nitrogen and oxygen atoms in total. The van der Waals surface area contributed by atoms with Gasteiger partial charge in [-0.15, -0.1) is 0 Å². The highest BCUT2D eigenvalue weighted by molar-refractivity contribution is 6.02. The van der Waals surface area contributed by atoms with E-state index in [-0.39, 0.29) is 5.78 Å². The average molecular weight is 533 g/mol. The lowest BCUT2D eigenvalue weighted by atomic mass is 10.0. The molecule has 0 saturated heterocycles. The Morgan fingerprint density at radius 1 is 0.872 bits per heavy atom. The van der Waals surface area contributed by atoms with E-state index in [1.807, 2.05) is 18.2 Å². The first-order valence-electron chi connectivity index (χ1n) is 12.8. The van der Waals surface area contributed by atoms with Crippen LogP contribution in [0.15, 0.2) is 72.8 Å². The van der Waals surface area contributed by atoms with E-state index in [1.165, 1.54) is 19.9 Å². The maximum Gasteiger partial charge on any atom is 0.408 e. The number of hydrogen-bond donors (Lipinski definition) is 3. The molecule has 0 aliphatic carbocycles. The van der Waals surface area contributed by atoms with E-state index >= 15 is 0 Å². The first-order chi connectivity index (χ1) is 18.4. The molecule has 2 amide bonds. The number of ether oxygens (including phenoxy) is 2. The Kier molecular flexibility index (Phi) is 9.48. The molecule has 0 unspecified atom stereocenters. The molecule has 3 N–H and O–H groups in total. The lowest BCUT2D eigenvalue weighted by Gasteiger charge is -2.29. The van der Waals surface area contributed by atoms with Crippen molar-refractivity contribution in [1.29, 1.82) is 0 Å². The number of aliphatic hydroxyl groups is 1. The van der Waals surface area contributed by atoms with Gasteiger partial charge in [-0.2, -0.15) is 0 Å². The summed E-state index contributed by atoms with van der Waals surface area (Å²) in [5.41, 5.74) is 1.59. The third-order valence-corrected chi connectivity index (χ3v) is 5.92. The van der Waals surface area contributed by atoms with E-state index in [2.05, 4.69) is 47.0 Å². The van der Waals surface area contributed by atoms with Gasteiger partial charge in [0.2, 0.25) is 0 Å². The monoisotopic (exact) mass is 532 g/mol. The molecule has 39 heavy (non-hydrogen) atoms. The van der Waals surface area contributed by atoms with Gasteiger partial charge in [0.15, 0.2) is 5.78 Å². The summed E-state index contributed by atoms with van der Waals surface area (Å²) in [7, 11) is 0. The highest BCUT2D eigenvalue weighted by Crippen LogP contribution is 2.25. The van der Waals surface area contributed by atoms with E-state index in [9.17, 15) is 19.5 Å². The van der Waals surface area contributed by atoms with Crippen LogP contribution in [0.4, 0.5) is 10.5 Å². The highest BCUT2D eigenvalue weighted by atomic mass is 16.6. The Bertz CT molecular complexity index is 1300. The molecule has 0 aliphatic heterocycles. The fourth-order valence-electron chi connectivity index (χ4n) is 3.75. The van der Waals surface area contributed by atoms with E-state index in [4.69, 9.17) is 9.47 Å². The van der Waals surface area contributed by atoms with Crippen LogP contribution in [0.25, 0.3) is 11.1 Å². The topological polar surface area (TPSA) is 114 Å². The number of anilines is 1. The number of alkyl carbamates (subject to hydrolysis) is 1. The molecule has 3 rings (SSSR count). The Balaban J connectivity index is 1.63. The smallest absolute Gasteiger partial charge is 0.408 e. The molecule has 206 valence electrons. The predicted molar refractivity (Wildman–Crippen MR) is 151 cm³/mol. The van der Waals surface area contributed by atoms with Crippen molar-refractivity contribution in [1.82, 2.24) is 5.32 Å². The fraction of sp³-hybridized carbons (Fsp3) is 0.323. The number of aliphatic hydroxyl groups excluding tert-OH is 1. The number of nitrogens with one attached hydrogen (secondary N) is 2. The quantitative estimate of drug-likeness (QED) is 0.302. The number of rotatable bonds is 10. The van der Waals surface area contributed by atoms with Gasteiger partial charge in [0.05, 0.1) is 18.8 Å². The second-order valence-corrected chi connectivity index (χ2v) is 10.5. The zero-order valence-electron chi connectivity index (χ0n) is 23.0. The first kappa shape index (κ1) is 29.4. The summed E-state index contributed by atoms with van der Waals surface area (Å²) in [4.78, 5) is 37.4. The standard InChI is InChI=1S/C31H36N2O6/c1-21(35)26-19-25(32-28(36)31(5,20-34)33-29(37)39-30(2,3)4)15-16-27(26)38-18-17-22-11-13-24(14-12-22)23-9-7-6-8-10-23/h6-16,19,34H,17-18,20H2,1-5H3,(H,32,36)(H,33,37)/t31-/m0/s1. The van der Waals surface area contributed by atoms with Gasteiger partial charge in [0.1, 0.15) is 16.9 Å². The van der Waals surface area contributed by atoms with Crippen LogP contribution >= 0.6 is 0 Å². The van der Waals surface area contributed by atoms with Crippen molar-refractivity contribution >= 4 is 23.5 Å². The number of hydrogen-bond acceptors (Lipinski definition) is 6. The molecular formula is C31H36N2O6. The molecule has 0 fully saturated rings. The Morgan fingerprint density at radius 2 is 1.51 bits per heavy atom. The van der Waals surface area contributed by atoms with Crippen LogP contribution < -0.4 is 15.4 Å². The van der Waals surface area contributed by atoms with E-state index < -0.39 is 29.7 Å². The van der Waals surface area contributed by atoms with Crippen LogP contribution in [-0.2, 0) is 16.0 Å². The van der Waals surface area contributed by atoms with E-state index in [0.29, 0.717) is 30.0 Å². The third-order valence-electron chi connectivity index (χ3n) is 5.92. The van der Waals surface area contributed by atoms with Crippen molar-refractivity contribution in [3.63, 3.8) is 0 Å². The lowest BCUT2D eigenvalue weighted by Crippen LogP contribution is -2.58. The normalized spacial score (nSPS) is 12.7. The zero-order valence-corrected chi connectivity index (χ0v) is 23.0. The molecule has 1 atom stereocenters. The molecule has 0 spiro atoms. The molecule has 0 aromatic heterocycles. The Labute approximate surface area is 229 Å². The van der Waals surface area contributed by atoms with Crippen molar-refractivity contribution < 1.29 is 29.0 Å². The summed E-state index contributed by atoms with van der Waals surface area (Å²) >= 11 is 0. The summed E-state index contributed by atoms with van der Waals surface area (Å²) < 4.78 is 11.1. The SMILES string of the molecule is CC(=O)c1cc(NC(=O)[C@](C)(CO)NC(=O)OC(C)(C)C)ccc1OCCc1ccc(-c2ccccc2)cc1. The van der Waals surface area contributed by atoms with Crippen molar-refractivity contribution in [3.05, 3.63) is 83.9 Å². The summed E-state index contributed by atoms with van der Waals surface area (Å²) in [6.45, 7) is 7.57. The molecule has 0 radical (unpaired) electrons. The average Bonchev–Trinajstić information content (AvgIpc) is 2.89. The maximum atomic E-state index is 12.9. The van der Waals surface area contributed by atoms with Crippen LogP contribution in [-0.4, -0.2) is 47.2 Å². The van der Waals surface area contributed by atoms with Gasteiger partial charge in [-0.25, -0.2) is 4.79 Å². The number of benzene rings is 3. The number of Topliss-reactive ketones (excluding diaryl/α,β-unsaturated/α-hetero) is 1. The third kappa shape index (κ3) is 8.41. The van der Waals surface area contributed by atoms with Crippen LogP contribution in [0.2, 0.25) is 0 Å². The van der Waals surface area contributed by atoms with Crippen LogP contribution in [0, 0.1) is 0 Å². The van der Waals surface area contributed by atoms with Gasteiger partial charge in [-0.05, 0) is 69.5 Å². The lowest BCUT2D eigenvalue weighted by molar-refractivity contribution is -0.123. The zero-order chi connectivity index (χ0) is 28.6. The van der Waals surface area contributed by atoms with Crippen molar-refractivity contribution in [3.8, 4) is 16.9 Å². The number of carbonyl (C=O) groups is 3. The van der Waals surface area contributed by atoms with Gasteiger partial charge < -0.3 is 25.2 Å². The van der Waals surface area contributed by atoms with Gasteiger partial charge in [0, 0.05) is 12.1 Å². The van der Waals surface area contributed by atoms with Gasteiger partial charge in [0.25, 0.3) is 5.91 Å². The van der Waals surface area contributed by atoms with Crippen LogP contribution in [0.1, 0.15) is 50.5 Å². The minimum atomic E-state index is -1.65. The molecule has 3 aromatic rings. The summed E-state index contributed by atoms with van der Waals surface area (Å²) in [5, 5.41) is 14.9. The van der Waals surface area contributed by atoms with Crippen molar-refractivity contribution in [2.24, 2.45) is 0 Å². The molecule has 0 aliphatic rings. The summed E-state index contributed by atoms with van der Waals surface area (Å²) in [6, 6.07) is 23.1. The van der Waals surface area contributed by atoms with Crippen LogP contribution in [0.5, 0.6) is 5.75 Å². The van der Waals surface area contributed by atoms with Crippen molar-refractivity contribution in [2.75, 3.05) is 18.5 Å². The molecule has 0 bridgehead atoms. The number of amides is 2. The Morgan fingerprint density at radius 3 is 2.10 bits per heavy atom. The minimum Gasteiger partial charge on any atom is -0.492 e.